The van der Waals surface area contributed by atoms with Gasteiger partial charge >= 0.3 is 0 Å². The lowest BCUT2D eigenvalue weighted by Crippen LogP contribution is -2.33. The van der Waals surface area contributed by atoms with Crippen LogP contribution in [0.15, 0.2) is 23.1 Å². The van der Waals surface area contributed by atoms with Crippen molar-refractivity contribution in [1.29, 1.82) is 5.26 Å². The third kappa shape index (κ3) is 2.89. The van der Waals surface area contributed by atoms with E-state index in [1.54, 1.807) is 12.1 Å². The van der Waals surface area contributed by atoms with E-state index < -0.39 is 16.1 Å². The Balaban J connectivity index is 2.40. The number of nitrogens with zero attached hydrogens (tertiary/aromatic N) is 3. The lowest BCUT2D eigenvalue weighted by Gasteiger charge is -2.11. The molecule has 0 aliphatic heterocycles. The van der Waals surface area contributed by atoms with E-state index >= 15 is 0 Å². The van der Waals surface area contributed by atoms with Crippen molar-refractivity contribution in [1.82, 2.24) is 13.5 Å². The third-order valence-corrected chi connectivity index (χ3v) is 4.61. The summed E-state index contributed by atoms with van der Waals surface area (Å²) < 4.78 is 34.9. The number of rotatable bonds is 5. The second-order valence-electron chi connectivity index (χ2n) is 3.98. The maximum atomic E-state index is 12.3. The Morgan fingerprint density at radius 1 is 1.47 bits per heavy atom. The van der Waals surface area contributed by atoms with Crippen LogP contribution in [0.1, 0.15) is 19.8 Å². The number of hydrogen-bond acceptors (Lipinski definition) is 6. The minimum absolute atomic E-state index is 0.0649. The first-order valence-corrected chi connectivity index (χ1v) is 7.93. The van der Waals surface area contributed by atoms with Gasteiger partial charge in [-0.25, -0.2) is 8.42 Å². The van der Waals surface area contributed by atoms with E-state index in [-0.39, 0.29) is 4.90 Å². The Morgan fingerprint density at radius 3 is 2.95 bits per heavy atom. The van der Waals surface area contributed by atoms with Crippen LogP contribution in [0.25, 0.3) is 11.0 Å². The van der Waals surface area contributed by atoms with Crippen LogP contribution in [0.4, 0.5) is 0 Å². The zero-order valence-electron chi connectivity index (χ0n) is 10.2. The second-order valence-corrected chi connectivity index (χ2v) is 6.19. The highest BCUT2D eigenvalue weighted by molar-refractivity contribution is 7.89. The normalized spacial score (nSPS) is 13.3. The topological polar surface area (TPSA) is 95.7 Å². The third-order valence-electron chi connectivity index (χ3n) is 2.57. The van der Waals surface area contributed by atoms with E-state index in [0.29, 0.717) is 17.5 Å². The van der Waals surface area contributed by atoms with Crippen molar-refractivity contribution >= 4 is 32.8 Å². The molecular formula is C11H12N4O2S2. The fourth-order valence-corrected chi connectivity index (χ4v) is 3.63. The van der Waals surface area contributed by atoms with E-state index in [0.717, 1.165) is 18.1 Å². The van der Waals surface area contributed by atoms with Gasteiger partial charge in [-0.05, 0) is 18.6 Å². The fraction of sp³-hybridized carbons (Fsp3) is 0.364. The van der Waals surface area contributed by atoms with Gasteiger partial charge in [-0.3, -0.25) is 0 Å². The summed E-state index contributed by atoms with van der Waals surface area (Å²) in [6, 6.07) is 6.00. The molecule has 19 heavy (non-hydrogen) atoms. The van der Waals surface area contributed by atoms with Gasteiger partial charge in [0.25, 0.3) is 0 Å². The maximum absolute atomic E-state index is 12.3. The Morgan fingerprint density at radius 2 is 2.26 bits per heavy atom. The summed E-state index contributed by atoms with van der Waals surface area (Å²) in [5.41, 5.74) is 0.880. The molecule has 0 aliphatic rings. The van der Waals surface area contributed by atoms with Gasteiger partial charge in [-0.15, -0.1) is 0 Å². The molecule has 0 radical (unpaired) electrons. The van der Waals surface area contributed by atoms with E-state index in [9.17, 15) is 8.42 Å². The number of aromatic nitrogens is 2. The van der Waals surface area contributed by atoms with Crippen molar-refractivity contribution in [3.05, 3.63) is 18.2 Å². The first-order valence-electron chi connectivity index (χ1n) is 5.71. The number of hydrogen-bond donors (Lipinski definition) is 1. The molecule has 0 amide bonds. The van der Waals surface area contributed by atoms with E-state index in [1.807, 2.05) is 13.0 Å². The summed E-state index contributed by atoms with van der Waals surface area (Å²) in [6.45, 7) is 1.89. The quantitative estimate of drug-likeness (QED) is 0.905. The molecule has 1 atom stereocenters. The number of fused-ring (bicyclic) bond motifs is 1. The molecule has 0 aliphatic carbocycles. The van der Waals surface area contributed by atoms with Gasteiger partial charge in [-0.1, -0.05) is 19.4 Å². The van der Waals surface area contributed by atoms with Crippen LogP contribution in [0.2, 0.25) is 0 Å². The smallest absolute Gasteiger partial charge is 0.207 e. The van der Waals surface area contributed by atoms with Crippen molar-refractivity contribution in [2.75, 3.05) is 0 Å². The first-order chi connectivity index (χ1) is 9.08. The summed E-state index contributed by atoms with van der Waals surface area (Å²) in [4.78, 5) is 0.0649. The zero-order valence-corrected chi connectivity index (χ0v) is 11.8. The van der Waals surface area contributed by atoms with Gasteiger partial charge < -0.3 is 0 Å². The molecule has 1 aromatic heterocycles. The molecule has 0 fully saturated rings. The molecule has 1 heterocycles. The van der Waals surface area contributed by atoms with Crippen molar-refractivity contribution in [2.24, 2.45) is 0 Å². The van der Waals surface area contributed by atoms with Crippen LogP contribution in [-0.4, -0.2) is 23.2 Å². The molecule has 6 nitrogen and oxygen atoms in total. The lowest BCUT2D eigenvalue weighted by molar-refractivity contribution is 0.563. The van der Waals surface area contributed by atoms with Crippen LogP contribution in [0.5, 0.6) is 0 Å². The summed E-state index contributed by atoms with van der Waals surface area (Å²) in [5, 5.41) is 8.94. The fourth-order valence-electron chi connectivity index (χ4n) is 1.69. The monoisotopic (exact) mass is 296 g/mol. The van der Waals surface area contributed by atoms with Gasteiger partial charge in [-0.2, -0.15) is 18.7 Å². The average Bonchev–Trinajstić information content (AvgIpc) is 2.85. The Bertz CT molecular complexity index is 718. The predicted molar refractivity (Wildman–Crippen MR) is 72.0 cm³/mol. The van der Waals surface area contributed by atoms with Gasteiger partial charge in [0.05, 0.1) is 17.8 Å². The van der Waals surface area contributed by atoms with Crippen molar-refractivity contribution in [3.63, 3.8) is 0 Å². The van der Waals surface area contributed by atoms with Crippen LogP contribution in [-0.2, 0) is 10.0 Å². The Kier molecular flexibility index (Phi) is 4.09. The lowest BCUT2D eigenvalue weighted by atomic mass is 10.2. The molecular weight excluding hydrogens is 284 g/mol. The number of benzene rings is 1. The minimum atomic E-state index is -3.76. The zero-order chi connectivity index (χ0) is 13.9. The number of nitrogens with one attached hydrogen (secondary N) is 1. The predicted octanol–water partition coefficient (Wildman–Crippen LogP) is 1.66. The Hall–Kier alpha value is -1.56. The molecule has 2 rings (SSSR count). The molecule has 2 aromatic rings. The highest BCUT2D eigenvalue weighted by Crippen LogP contribution is 2.21. The van der Waals surface area contributed by atoms with Crippen LogP contribution in [0, 0.1) is 11.3 Å². The minimum Gasteiger partial charge on any atom is -0.207 e. The van der Waals surface area contributed by atoms with E-state index in [2.05, 4.69) is 13.5 Å². The van der Waals surface area contributed by atoms with Gasteiger partial charge in [0.15, 0.2) is 0 Å². The van der Waals surface area contributed by atoms with Gasteiger partial charge in [0.1, 0.15) is 22.0 Å². The molecule has 8 heteroatoms. The highest BCUT2D eigenvalue weighted by Gasteiger charge is 2.22. The SMILES string of the molecule is CCCC(C#N)NS(=O)(=O)c1cccc2nsnc12. The first kappa shape index (κ1) is 13.9. The van der Waals surface area contributed by atoms with Gasteiger partial charge in [0.2, 0.25) is 10.0 Å². The van der Waals surface area contributed by atoms with Crippen molar-refractivity contribution < 1.29 is 8.42 Å². The molecule has 1 aromatic carbocycles. The van der Waals surface area contributed by atoms with Crippen molar-refractivity contribution in [3.8, 4) is 6.07 Å². The molecule has 100 valence electrons. The average molecular weight is 296 g/mol. The Labute approximate surface area is 115 Å². The van der Waals surface area contributed by atoms with Crippen LogP contribution < -0.4 is 4.72 Å². The second kappa shape index (κ2) is 5.61. The summed E-state index contributed by atoms with van der Waals surface area (Å²) in [5.74, 6) is 0. The standard InChI is InChI=1S/C11H12N4O2S2/c1-2-4-8(7-12)15-19(16,17)10-6-3-5-9-11(10)14-18-13-9/h3,5-6,8,15H,2,4H2,1H3. The molecule has 0 bridgehead atoms. The molecule has 0 saturated carbocycles. The number of sulfonamides is 1. The molecule has 1 unspecified atom stereocenters. The largest absolute Gasteiger partial charge is 0.243 e. The van der Waals surface area contributed by atoms with E-state index in [1.165, 1.54) is 6.07 Å². The molecule has 1 N–H and O–H groups in total. The van der Waals surface area contributed by atoms with E-state index in [4.69, 9.17) is 5.26 Å². The van der Waals surface area contributed by atoms with Crippen LogP contribution >= 0.6 is 11.7 Å². The van der Waals surface area contributed by atoms with Crippen LogP contribution in [0.3, 0.4) is 0 Å². The summed E-state index contributed by atoms with van der Waals surface area (Å²) in [6.07, 6.45) is 1.20. The summed E-state index contributed by atoms with van der Waals surface area (Å²) in [7, 11) is -3.76. The highest BCUT2D eigenvalue weighted by atomic mass is 32.2. The molecule has 0 saturated heterocycles. The number of nitriles is 1. The van der Waals surface area contributed by atoms with Gasteiger partial charge in [0, 0.05) is 0 Å². The molecule has 0 spiro atoms. The maximum Gasteiger partial charge on any atom is 0.243 e. The van der Waals surface area contributed by atoms with Crippen molar-refractivity contribution in [2.45, 2.75) is 30.7 Å². The summed E-state index contributed by atoms with van der Waals surface area (Å²) >= 11 is 0.961.